The summed E-state index contributed by atoms with van der Waals surface area (Å²) in [5.74, 6) is -0.0507. The molecule has 1 saturated heterocycles. The standard InChI is InChI=1S/C22H22N2O4S/c1-2-15-7-3-6-10-20(15)24-21(25)18-9-5-4-8-17(18)19(22(24)26)13-23-16-11-12-29(27,28)14-16/h3-10,13,16,26H,2,11-12,14H2,1H3/t16-/m0/s1. The first-order chi connectivity index (χ1) is 13.9. The summed E-state index contributed by atoms with van der Waals surface area (Å²) in [6.45, 7) is 1.99. The molecule has 0 bridgehead atoms. The van der Waals surface area contributed by atoms with Gasteiger partial charge in [-0.1, -0.05) is 43.3 Å². The van der Waals surface area contributed by atoms with Gasteiger partial charge in [-0.15, -0.1) is 0 Å². The van der Waals surface area contributed by atoms with E-state index in [-0.39, 0.29) is 29.0 Å². The second kappa shape index (κ2) is 7.48. The van der Waals surface area contributed by atoms with Crippen LogP contribution in [-0.2, 0) is 16.3 Å². The summed E-state index contributed by atoms with van der Waals surface area (Å²) in [4.78, 5) is 17.6. The van der Waals surface area contributed by atoms with Crippen LogP contribution in [0.15, 0.2) is 58.3 Å². The topological polar surface area (TPSA) is 88.7 Å². The highest BCUT2D eigenvalue weighted by molar-refractivity contribution is 7.91. The third-order valence-electron chi connectivity index (χ3n) is 5.34. The monoisotopic (exact) mass is 410 g/mol. The number of aliphatic imine (C=N–C) groups is 1. The van der Waals surface area contributed by atoms with Gasteiger partial charge in [0.15, 0.2) is 9.84 Å². The predicted octanol–water partition coefficient (Wildman–Crippen LogP) is 2.86. The van der Waals surface area contributed by atoms with Gasteiger partial charge in [0.1, 0.15) is 0 Å². The van der Waals surface area contributed by atoms with Crippen LogP contribution in [0.4, 0.5) is 0 Å². The average Bonchev–Trinajstić information content (AvgIpc) is 3.07. The van der Waals surface area contributed by atoms with Crippen LogP contribution in [0, 0.1) is 0 Å². The number of hydrogen-bond acceptors (Lipinski definition) is 5. The smallest absolute Gasteiger partial charge is 0.265 e. The minimum absolute atomic E-state index is 0.0144. The van der Waals surface area contributed by atoms with Gasteiger partial charge in [0.05, 0.1) is 28.8 Å². The fraction of sp³-hybridized carbons (Fsp3) is 0.273. The first-order valence-electron chi connectivity index (χ1n) is 9.60. The van der Waals surface area contributed by atoms with Crippen LogP contribution in [0.25, 0.3) is 16.5 Å². The number of pyridine rings is 1. The number of sulfone groups is 1. The predicted molar refractivity (Wildman–Crippen MR) is 115 cm³/mol. The fourth-order valence-electron chi connectivity index (χ4n) is 3.81. The quantitative estimate of drug-likeness (QED) is 0.670. The zero-order valence-electron chi connectivity index (χ0n) is 16.1. The molecule has 1 aliphatic rings. The fourth-order valence-corrected chi connectivity index (χ4v) is 5.45. The maximum atomic E-state index is 13.2. The van der Waals surface area contributed by atoms with Crippen molar-refractivity contribution < 1.29 is 13.5 Å². The number of aryl methyl sites for hydroxylation is 1. The van der Waals surface area contributed by atoms with E-state index in [4.69, 9.17) is 0 Å². The lowest BCUT2D eigenvalue weighted by molar-refractivity contribution is 0.436. The van der Waals surface area contributed by atoms with Gasteiger partial charge in [0, 0.05) is 17.0 Å². The summed E-state index contributed by atoms with van der Waals surface area (Å²) < 4.78 is 24.7. The first-order valence-corrected chi connectivity index (χ1v) is 11.4. The van der Waals surface area contributed by atoms with Gasteiger partial charge >= 0.3 is 0 Å². The van der Waals surface area contributed by atoms with Crippen molar-refractivity contribution in [3.8, 4) is 11.6 Å². The maximum absolute atomic E-state index is 13.2. The highest BCUT2D eigenvalue weighted by Gasteiger charge is 2.27. The Hall–Kier alpha value is -2.93. The van der Waals surface area contributed by atoms with Gasteiger partial charge in [-0.25, -0.2) is 13.0 Å². The van der Waals surface area contributed by atoms with E-state index in [0.717, 1.165) is 5.56 Å². The number of aromatic hydroxyl groups is 1. The van der Waals surface area contributed by atoms with Crippen LogP contribution in [0.3, 0.4) is 0 Å². The van der Waals surface area contributed by atoms with Crippen molar-refractivity contribution >= 4 is 26.8 Å². The number of aromatic nitrogens is 1. The van der Waals surface area contributed by atoms with E-state index < -0.39 is 9.84 Å². The Labute approximate surface area is 169 Å². The van der Waals surface area contributed by atoms with Crippen molar-refractivity contribution in [1.82, 2.24) is 4.57 Å². The van der Waals surface area contributed by atoms with Crippen LogP contribution < -0.4 is 5.56 Å². The lowest BCUT2D eigenvalue weighted by Crippen LogP contribution is -2.21. The number of para-hydroxylation sites is 1. The number of benzene rings is 2. The Morgan fingerprint density at radius 3 is 2.52 bits per heavy atom. The minimum atomic E-state index is -3.05. The van der Waals surface area contributed by atoms with Gasteiger partial charge in [-0.05, 0) is 30.5 Å². The molecule has 1 aromatic heterocycles. The van der Waals surface area contributed by atoms with Crippen molar-refractivity contribution in [1.29, 1.82) is 0 Å². The zero-order chi connectivity index (χ0) is 20.6. The summed E-state index contributed by atoms with van der Waals surface area (Å²) in [5.41, 5.74) is 1.67. The van der Waals surface area contributed by atoms with Crippen molar-refractivity contribution in [3.63, 3.8) is 0 Å². The van der Waals surface area contributed by atoms with Crippen molar-refractivity contribution in [2.75, 3.05) is 11.5 Å². The molecule has 1 fully saturated rings. The molecule has 0 amide bonds. The largest absolute Gasteiger partial charge is 0.494 e. The first kappa shape index (κ1) is 19.4. The molecule has 4 rings (SSSR count). The molecular formula is C22H22N2O4S. The number of nitrogens with zero attached hydrogens (tertiary/aromatic N) is 2. The molecule has 29 heavy (non-hydrogen) atoms. The summed E-state index contributed by atoms with van der Waals surface area (Å²) in [6.07, 6.45) is 2.68. The van der Waals surface area contributed by atoms with Crippen LogP contribution >= 0.6 is 0 Å². The third-order valence-corrected chi connectivity index (χ3v) is 7.09. The summed E-state index contributed by atoms with van der Waals surface area (Å²) in [7, 11) is -3.05. The van der Waals surface area contributed by atoms with Crippen LogP contribution in [0.1, 0.15) is 24.5 Å². The lowest BCUT2D eigenvalue weighted by Gasteiger charge is -2.16. The van der Waals surface area contributed by atoms with Gasteiger partial charge in [0.2, 0.25) is 5.88 Å². The molecule has 0 unspecified atom stereocenters. The van der Waals surface area contributed by atoms with Gasteiger partial charge in [-0.2, -0.15) is 0 Å². The number of hydrogen-bond donors (Lipinski definition) is 1. The van der Waals surface area contributed by atoms with E-state index in [2.05, 4.69) is 4.99 Å². The highest BCUT2D eigenvalue weighted by atomic mass is 32.2. The second-order valence-corrected chi connectivity index (χ2v) is 9.47. The molecule has 1 atom stereocenters. The molecule has 0 saturated carbocycles. The molecule has 0 spiro atoms. The Morgan fingerprint density at radius 1 is 1.14 bits per heavy atom. The molecule has 0 aliphatic carbocycles. The van der Waals surface area contributed by atoms with Crippen LogP contribution in [-0.4, -0.2) is 41.9 Å². The Balaban J connectivity index is 1.94. The number of fused-ring (bicyclic) bond motifs is 1. The van der Waals surface area contributed by atoms with E-state index in [9.17, 15) is 18.3 Å². The van der Waals surface area contributed by atoms with Gasteiger partial charge in [0.25, 0.3) is 5.56 Å². The van der Waals surface area contributed by atoms with Crippen LogP contribution in [0.5, 0.6) is 5.88 Å². The molecule has 2 heterocycles. The Kier molecular flexibility index (Phi) is 5.00. The molecule has 1 N–H and O–H groups in total. The maximum Gasteiger partial charge on any atom is 0.265 e. The molecule has 6 nitrogen and oxygen atoms in total. The second-order valence-electron chi connectivity index (χ2n) is 7.24. The SMILES string of the molecule is CCc1ccccc1-n1c(O)c(C=N[C@H]2CCS(=O)(=O)C2)c2ccccc2c1=O. The summed E-state index contributed by atoms with van der Waals surface area (Å²) in [5, 5.41) is 12.1. The molecule has 0 radical (unpaired) electrons. The third kappa shape index (κ3) is 3.58. The van der Waals surface area contributed by atoms with Crippen molar-refractivity contribution in [2.24, 2.45) is 4.99 Å². The zero-order valence-corrected chi connectivity index (χ0v) is 16.9. The molecule has 3 aromatic rings. The summed E-state index contributed by atoms with van der Waals surface area (Å²) >= 11 is 0. The molecule has 1 aliphatic heterocycles. The van der Waals surface area contributed by atoms with E-state index in [1.54, 1.807) is 30.3 Å². The van der Waals surface area contributed by atoms with Crippen molar-refractivity contribution in [2.45, 2.75) is 25.8 Å². The summed E-state index contributed by atoms with van der Waals surface area (Å²) in [6, 6.07) is 14.2. The highest BCUT2D eigenvalue weighted by Crippen LogP contribution is 2.28. The van der Waals surface area contributed by atoms with Crippen LogP contribution in [0.2, 0.25) is 0 Å². The minimum Gasteiger partial charge on any atom is -0.494 e. The van der Waals surface area contributed by atoms with E-state index in [1.165, 1.54) is 10.8 Å². The van der Waals surface area contributed by atoms with Gasteiger partial charge < -0.3 is 5.11 Å². The normalized spacial score (nSPS) is 18.6. The Morgan fingerprint density at radius 2 is 1.83 bits per heavy atom. The van der Waals surface area contributed by atoms with E-state index in [0.29, 0.717) is 34.9 Å². The van der Waals surface area contributed by atoms with E-state index in [1.807, 2.05) is 25.1 Å². The van der Waals surface area contributed by atoms with E-state index >= 15 is 0 Å². The number of rotatable bonds is 4. The van der Waals surface area contributed by atoms with Gasteiger partial charge in [-0.3, -0.25) is 9.79 Å². The molecule has 7 heteroatoms. The molecule has 2 aromatic carbocycles. The van der Waals surface area contributed by atoms with Crippen molar-refractivity contribution in [3.05, 3.63) is 70.0 Å². The average molecular weight is 410 g/mol. The lowest BCUT2D eigenvalue weighted by atomic mass is 10.1. The molecule has 150 valence electrons. The molecular weight excluding hydrogens is 388 g/mol. The Bertz CT molecular complexity index is 1280.